The normalized spacial score (nSPS) is 10.0. The van der Waals surface area contributed by atoms with Crippen LogP contribution in [-0.4, -0.2) is 21.2 Å². The second kappa shape index (κ2) is 4.88. The van der Waals surface area contributed by atoms with Crippen molar-refractivity contribution in [1.29, 1.82) is 0 Å². The van der Waals surface area contributed by atoms with E-state index in [2.05, 4.69) is 25.8 Å². The van der Waals surface area contributed by atoms with Gasteiger partial charge in [-0.25, -0.2) is 4.79 Å². The standard InChI is InChI=1S/C10H11N5OS/c1-6-3-4-11-5-8(6)12-9(16)13-10-15-14-7(2)17-10/h3-5H,1-2H3,(H2,12,13,15,16). The number of carbonyl (C=O) groups excluding carboxylic acids is 1. The average Bonchev–Trinajstić information content (AvgIpc) is 2.67. The van der Waals surface area contributed by atoms with Gasteiger partial charge in [-0.15, -0.1) is 10.2 Å². The third-order valence-corrected chi connectivity index (χ3v) is 2.79. The van der Waals surface area contributed by atoms with Crippen LogP contribution in [0.3, 0.4) is 0 Å². The Labute approximate surface area is 102 Å². The highest BCUT2D eigenvalue weighted by Gasteiger charge is 2.07. The summed E-state index contributed by atoms with van der Waals surface area (Å²) in [6, 6.07) is 1.47. The quantitative estimate of drug-likeness (QED) is 0.855. The first kappa shape index (κ1) is 11.5. The number of urea groups is 1. The van der Waals surface area contributed by atoms with E-state index in [0.29, 0.717) is 10.8 Å². The first-order valence-corrected chi connectivity index (χ1v) is 5.75. The van der Waals surface area contributed by atoms with Gasteiger partial charge >= 0.3 is 6.03 Å². The van der Waals surface area contributed by atoms with Crippen molar-refractivity contribution < 1.29 is 4.79 Å². The van der Waals surface area contributed by atoms with Crippen LogP contribution in [0.2, 0.25) is 0 Å². The van der Waals surface area contributed by atoms with E-state index in [-0.39, 0.29) is 6.03 Å². The number of nitrogens with one attached hydrogen (secondary N) is 2. The molecular formula is C10H11N5OS. The van der Waals surface area contributed by atoms with Gasteiger partial charge in [0.1, 0.15) is 5.01 Å². The van der Waals surface area contributed by atoms with Gasteiger partial charge in [-0.3, -0.25) is 10.3 Å². The Hall–Kier alpha value is -2.02. The van der Waals surface area contributed by atoms with E-state index in [0.717, 1.165) is 10.6 Å². The number of anilines is 2. The summed E-state index contributed by atoms with van der Waals surface area (Å²) in [6.45, 7) is 3.72. The van der Waals surface area contributed by atoms with Gasteiger partial charge in [0.2, 0.25) is 5.13 Å². The van der Waals surface area contributed by atoms with E-state index in [1.807, 2.05) is 19.9 Å². The molecule has 2 heterocycles. The number of aromatic nitrogens is 3. The Bertz CT molecular complexity index is 539. The number of pyridine rings is 1. The molecule has 0 unspecified atom stereocenters. The molecule has 2 aromatic rings. The third-order valence-electron chi connectivity index (χ3n) is 2.03. The minimum atomic E-state index is -0.350. The smallest absolute Gasteiger partial charge is 0.306 e. The molecular weight excluding hydrogens is 238 g/mol. The minimum Gasteiger partial charge on any atom is -0.306 e. The molecule has 0 aliphatic rings. The van der Waals surface area contributed by atoms with Crippen LogP contribution < -0.4 is 10.6 Å². The van der Waals surface area contributed by atoms with Crippen LogP contribution in [0.5, 0.6) is 0 Å². The van der Waals surface area contributed by atoms with Gasteiger partial charge in [0.05, 0.1) is 11.9 Å². The van der Waals surface area contributed by atoms with E-state index in [1.165, 1.54) is 11.3 Å². The summed E-state index contributed by atoms with van der Waals surface area (Å²) in [7, 11) is 0. The fourth-order valence-corrected chi connectivity index (χ4v) is 1.78. The van der Waals surface area contributed by atoms with Gasteiger partial charge in [0.15, 0.2) is 0 Å². The molecule has 0 saturated heterocycles. The van der Waals surface area contributed by atoms with E-state index >= 15 is 0 Å². The molecule has 0 aromatic carbocycles. The molecule has 2 aromatic heterocycles. The molecule has 2 rings (SSSR count). The summed E-state index contributed by atoms with van der Waals surface area (Å²) in [5.74, 6) is 0. The molecule has 88 valence electrons. The second-order valence-electron chi connectivity index (χ2n) is 3.40. The maximum atomic E-state index is 11.6. The first-order valence-electron chi connectivity index (χ1n) is 4.94. The van der Waals surface area contributed by atoms with Crippen LogP contribution in [0, 0.1) is 13.8 Å². The monoisotopic (exact) mass is 249 g/mol. The van der Waals surface area contributed by atoms with Crippen molar-refractivity contribution in [2.75, 3.05) is 10.6 Å². The number of hydrogen-bond donors (Lipinski definition) is 2. The highest BCUT2D eigenvalue weighted by atomic mass is 32.1. The highest BCUT2D eigenvalue weighted by molar-refractivity contribution is 7.15. The largest absolute Gasteiger partial charge is 0.325 e. The molecule has 17 heavy (non-hydrogen) atoms. The predicted molar refractivity (Wildman–Crippen MR) is 66.3 cm³/mol. The summed E-state index contributed by atoms with van der Waals surface area (Å²) < 4.78 is 0. The lowest BCUT2D eigenvalue weighted by molar-refractivity contribution is 0.262. The number of carbonyl (C=O) groups is 1. The maximum absolute atomic E-state index is 11.6. The SMILES string of the molecule is Cc1nnc(NC(=O)Nc2cnccc2C)s1. The van der Waals surface area contributed by atoms with Crippen molar-refractivity contribution in [3.63, 3.8) is 0 Å². The van der Waals surface area contributed by atoms with Gasteiger partial charge in [-0.05, 0) is 25.5 Å². The van der Waals surface area contributed by atoms with E-state index < -0.39 is 0 Å². The average molecular weight is 249 g/mol. The van der Waals surface area contributed by atoms with Crippen molar-refractivity contribution in [1.82, 2.24) is 15.2 Å². The topological polar surface area (TPSA) is 79.8 Å². The number of amides is 2. The fraction of sp³-hybridized carbons (Fsp3) is 0.200. The second-order valence-corrected chi connectivity index (χ2v) is 4.58. The molecule has 2 N–H and O–H groups in total. The molecule has 2 amide bonds. The third kappa shape index (κ3) is 2.97. The zero-order valence-corrected chi connectivity index (χ0v) is 10.2. The van der Waals surface area contributed by atoms with Gasteiger partial charge in [0.25, 0.3) is 0 Å². The van der Waals surface area contributed by atoms with E-state index in [4.69, 9.17) is 0 Å². The number of nitrogens with zero attached hydrogens (tertiary/aromatic N) is 3. The Kier molecular flexibility index (Phi) is 3.29. The molecule has 0 atom stereocenters. The van der Waals surface area contributed by atoms with E-state index in [9.17, 15) is 4.79 Å². The fourth-order valence-electron chi connectivity index (χ4n) is 1.19. The lowest BCUT2D eigenvalue weighted by Crippen LogP contribution is -2.19. The highest BCUT2D eigenvalue weighted by Crippen LogP contribution is 2.15. The van der Waals surface area contributed by atoms with Crippen LogP contribution >= 0.6 is 11.3 Å². The summed E-state index contributed by atoms with van der Waals surface area (Å²) in [5, 5.41) is 14.2. The van der Waals surface area contributed by atoms with Gasteiger partial charge in [-0.2, -0.15) is 0 Å². The summed E-state index contributed by atoms with van der Waals surface area (Å²) >= 11 is 1.32. The minimum absolute atomic E-state index is 0.350. The molecule has 6 nitrogen and oxygen atoms in total. The molecule has 0 aliphatic carbocycles. The van der Waals surface area contributed by atoms with Crippen molar-refractivity contribution in [2.24, 2.45) is 0 Å². The summed E-state index contributed by atoms with van der Waals surface area (Å²) in [4.78, 5) is 15.6. The van der Waals surface area contributed by atoms with Crippen molar-refractivity contribution in [2.45, 2.75) is 13.8 Å². The molecule has 7 heteroatoms. The van der Waals surface area contributed by atoms with Crippen LogP contribution in [0.1, 0.15) is 10.6 Å². The molecule has 0 spiro atoms. The maximum Gasteiger partial charge on any atom is 0.325 e. The molecule has 0 bridgehead atoms. The van der Waals surface area contributed by atoms with Gasteiger partial charge < -0.3 is 5.32 Å². The first-order chi connectivity index (χ1) is 8.15. The Morgan fingerprint density at radius 1 is 1.29 bits per heavy atom. The zero-order valence-electron chi connectivity index (χ0n) is 9.39. The van der Waals surface area contributed by atoms with Crippen LogP contribution in [-0.2, 0) is 0 Å². The van der Waals surface area contributed by atoms with Gasteiger partial charge in [-0.1, -0.05) is 11.3 Å². The molecule has 0 radical (unpaired) electrons. The Morgan fingerprint density at radius 2 is 2.12 bits per heavy atom. The summed E-state index contributed by atoms with van der Waals surface area (Å²) in [5.41, 5.74) is 1.62. The Morgan fingerprint density at radius 3 is 2.76 bits per heavy atom. The van der Waals surface area contributed by atoms with Crippen molar-refractivity contribution in [3.05, 3.63) is 29.0 Å². The van der Waals surface area contributed by atoms with Crippen LogP contribution in [0.4, 0.5) is 15.6 Å². The number of aryl methyl sites for hydroxylation is 2. The van der Waals surface area contributed by atoms with Crippen LogP contribution in [0.15, 0.2) is 18.5 Å². The zero-order chi connectivity index (χ0) is 12.3. The van der Waals surface area contributed by atoms with E-state index in [1.54, 1.807) is 12.4 Å². The molecule has 0 aliphatic heterocycles. The Balaban J connectivity index is 2.01. The summed E-state index contributed by atoms with van der Waals surface area (Å²) in [6.07, 6.45) is 3.27. The predicted octanol–water partition coefficient (Wildman–Crippen LogP) is 2.19. The van der Waals surface area contributed by atoms with Crippen molar-refractivity contribution >= 4 is 28.2 Å². The molecule has 0 saturated carbocycles. The van der Waals surface area contributed by atoms with Crippen LogP contribution in [0.25, 0.3) is 0 Å². The molecule has 0 fully saturated rings. The lowest BCUT2D eigenvalue weighted by atomic mass is 10.2. The van der Waals surface area contributed by atoms with Gasteiger partial charge in [0, 0.05) is 6.20 Å². The number of rotatable bonds is 2. The van der Waals surface area contributed by atoms with Crippen molar-refractivity contribution in [3.8, 4) is 0 Å². The number of hydrogen-bond acceptors (Lipinski definition) is 5. The lowest BCUT2D eigenvalue weighted by Gasteiger charge is -2.06.